The fourth-order valence-electron chi connectivity index (χ4n) is 2.87. The van der Waals surface area contributed by atoms with E-state index in [0.29, 0.717) is 23.4 Å². The standard InChI is InChI=1S/C21H22N2O4/c1-13-9-17(20-14(2)15(3)21(25)27-18(20)10-13)26-12-19(24)23(4)11-16-7-5-6-8-22-16/h5-10H,11-12H2,1-4H3. The van der Waals surface area contributed by atoms with Crippen LogP contribution in [-0.4, -0.2) is 29.4 Å². The van der Waals surface area contributed by atoms with Gasteiger partial charge in [-0.1, -0.05) is 6.07 Å². The molecule has 0 fully saturated rings. The van der Waals surface area contributed by atoms with Crippen molar-refractivity contribution in [3.63, 3.8) is 0 Å². The number of aryl methyl sites for hydroxylation is 2. The van der Waals surface area contributed by atoms with Crippen molar-refractivity contribution >= 4 is 16.9 Å². The van der Waals surface area contributed by atoms with Crippen LogP contribution < -0.4 is 10.4 Å². The monoisotopic (exact) mass is 366 g/mol. The maximum atomic E-state index is 12.4. The Bertz CT molecular complexity index is 1040. The third-order valence-electron chi connectivity index (χ3n) is 4.56. The van der Waals surface area contributed by atoms with E-state index in [1.807, 2.05) is 38.1 Å². The van der Waals surface area contributed by atoms with Crippen LogP contribution in [0.3, 0.4) is 0 Å². The molecule has 0 spiro atoms. The van der Waals surface area contributed by atoms with E-state index in [9.17, 15) is 9.59 Å². The lowest BCUT2D eigenvalue weighted by Crippen LogP contribution is -2.31. The number of hydrogen-bond donors (Lipinski definition) is 0. The molecule has 0 saturated carbocycles. The number of benzene rings is 1. The lowest BCUT2D eigenvalue weighted by atomic mass is 10.0. The highest BCUT2D eigenvalue weighted by atomic mass is 16.5. The first-order valence-electron chi connectivity index (χ1n) is 8.68. The van der Waals surface area contributed by atoms with Gasteiger partial charge in [0.05, 0.1) is 17.6 Å². The Hall–Kier alpha value is -3.15. The molecule has 0 saturated heterocycles. The fraction of sp³-hybridized carbons (Fsp3) is 0.286. The molecule has 3 rings (SSSR count). The Morgan fingerprint density at radius 3 is 2.67 bits per heavy atom. The molecule has 0 radical (unpaired) electrons. The van der Waals surface area contributed by atoms with Gasteiger partial charge in [-0.2, -0.15) is 0 Å². The van der Waals surface area contributed by atoms with E-state index in [4.69, 9.17) is 9.15 Å². The summed E-state index contributed by atoms with van der Waals surface area (Å²) >= 11 is 0. The molecule has 0 aliphatic rings. The number of fused-ring (bicyclic) bond motifs is 1. The van der Waals surface area contributed by atoms with Crippen molar-refractivity contribution < 1.29 is 13.9 Å². The minimum absolute atomic E-state index is 0.112. The Kier molecular flexibility index (Phi) is 5.26. The molecular weight excluding hydrogens is 344 g/mol. The number of aromatic nitrogens is 1. The number of likely N-dealkylation sites (N-methyl/N-ethyl adjacent to an activating group) is 1. The van der Waals surface area contributed by atoms with E-state index < -0.39 is 0 Å². The molecule has 0 aliphatic carbocycles. The highest BCUT2D eigenvalue weighted by Gasteiger charge is 2.16. The van der Waals surface area contributed by atoms with Gasteiger partial charge in [0, 0.05) is 18.8 Å². The van der Waals surface area contributed by atoms with Crippen molar-refractivity contribution in [1.29, 1.82) is 0 Å². The molecule has 6 heteroatoms. The molecule has 6 nitrogen and oxygen atoms in total. The quantitative estimate of drug-likeness (QED) is 0.649. The van der Waals surface area contributed by atoms with Crippen LogP contribution in [0.5, 0.6) is 5.75 Å². The van der Waals surface area contributed by atoms with Crippen LogP contribution in [-0.2, 0) is 11.3 Å². The second-order valence-corrected chi connectivity index (χ2v) is 6.64. The van der Waals surface area contributed by atoms with Gasteiger partial charge in [0.2, 0.25) is 0 Å². The second-order valence-electron chi connectivity index (χ2n) is 6.64. The summed E-state index contributed by atoms with van der Waals surface area (Å²) in [6.45, 7) is 5.75. The Morgan fingerprint density at radius 2 is 1.96 bits per heavy atom. The maximum Gasteiger partial charge on any atom is 0.339 e. The Balaban J connectivity index is 1.81. The molecular formula is C21H22N2O4. The van der Waals surface area contributed by atoms with Crippen LogP contribution in [0.15, 0.2) is 45.7 Å². The first-order valence-corrected chi connectivity index (χ1v) is 8.68. The smallest absolute Gasteiger partial charge is 0.339 e. The van der Waals surface area contributed by atoms with Gasteiger partial charge in [-0.25, -0.2) is 4.79 Å². The van der Waals surface area contributed by atoms with Gasteiger partial charge >= 0.3 is 5.63 Å². The van der Waals surface area contributed by atoms with E-state index in [1.165, 1.54) is 0 Å². The lowest BCUT2D eigenvalue weighted by Gasteiger charge is -2.18. The van der Waals surface area contributed by atoms with Gasteiger partial charge in [0.1, 0.15) is 11.3 Å². The highest BCUT2D eigenvalue weighted by molar-refractivity contribution is 5.88. The van der Waals surface area contributed by atoms with Gasteiger partial charge in [0.15, 0.2) is 6.61 Å². The molecule has 0 bridgehead atoms. The molecule has 3 aromatic rings. The zero-order valence-corrected chi connectivity index (χ0v) is 15.9. The summed E-state index contributed by atoms with van der Waals surface area (Å²) in [5.74, 6) is 0.371. The SMILES string of the molecule is Cc1cc(OCC(=O)N(C)Cc2ccccn2)c2c(C)c(C)c(=O)oc2c1. The number of ether oxygens (including phenoxy) is 1. The number of pyridine rings is 1. The normalized spacial score (nSPS) is 10.8. The average Bonchev–Trinajstić information content (AvgIpc) is 2.64. The summed E-state index contributed by atoms with van der Waals surface area (Å²) < 4.78 is 11.2. The first kappa shape index (κ1) is 18.6. The maximum absolute atomic E-state index is 12.4. The van der Waals surface area contributed by atoms with Crippen LogP contribution in [0.4, 0.5) is 0 Å². The lowest BCUT2D eigenvalue weighted by molar-refractivity contribution is -0.132. The van der Waals surface area contributed by atoms with Crippen LogP contribution in [0.25, 0.3) is 11.0 Å². The second kappa shape index (κ2) is 7.61. The van der Waals surface area contributed by atoms with Gasteiger partial charge in [0.25, 0.3) is 5.91 Å². The highest BCUT2D eigenvalue weighted by Crippen LogP contribution is 2.30. The summed E-state index contributed by atoms with van der Waals surface area (Å²) in [7, 11) is 1.71. The van der Waals surface area contributed by atoms with Crippen LogP contribution in [0.2, 0.25) is 0 Å². The number of carbonyl (C=O) groups excluding carboxylic acids is 1. The number of nitrogens with zero attached hydrogens (tertiary/aromatic N) is 2. The van der Waals surface area contributed by atoms with Crippen molar-refractivity contribution in [1.82, 2.24) is 9.88 Å². The molecule has 0 aliphatic heterocycles. The molecule has 1 amide bonds. The molecule has 0 atom stereocenters. The van der Waals surface area contributed by atoms with Gasteiger partial charge in [-0.3, -0.25) is 9.78 Å². The topological polar surface area (TPSA) is 72.6 Å². The van der Waals surface area contributed by atoms with E-state index in [1.54, 1.807) is 31.1 Å². The van der Waals surface area contributed by atoms with Crippen LogP contribution in [0.1, 0.15) is 22.4 Å². The van der Waals surface area contributed by atoms with Gasteiger partial charge in [-0.15, -0.1) is 0 Å². The number of hydrogen-bond acceptors (Lipinski definition) is 5. The summed E-state index contributed by atoms with van der Waals surface area (Å²) in [4.78, 5) is 30.2. The average molecular weight is 366 g/mol. The van der Waals surface area contributed by atoms with E-state index >= 15 is 0 Å². The molecule has 140 valence electrons. The van der Waals surface area contributed by atoms with Crippen molar-refractivity contribution in [3.8, 4) is 5.75 Å². The third kappa shape index (κ3) is 4.00. The summed E-state index contributed by atoms with van der Waals surface area (Å²) in [5.41, 5.74) is 3.14. The van der Waals surface area contributed by atoms with E-state index in [2.05, 4.69) is 4.98 Å². The van der Waals surface area contributed by atoms with Crippen molar-refractivity contribution in [2.75, 3.05) is 13.7 Å². The molecule has 1 aromatic carbocycles. The van der Waals surface area contributed by atoms with Crippen molar-refractivity contribution in [2.24, 2.45) is 0 Å². The summed E-state index contributed by atoms with van der Waals surface area (Å²) in [6.07, 6.45) is 1.70. The van der Waals surface area contributed by atoms with Crippen LogP contribution in [0, 0.1) is 20.8 Å². The molecule has 2 aromatic heterocycles. The minimum atomic E-state index is -0.359. The predicted octanol–water partition coefficient (Wildman–Crippen LogP) is 3.15. The van der Waals surface area contributed by atoms with Crippen LogP contribution >= 0.6 is 0 Å². The summed E-state index contributed by atoms with van der Waals surface area (Å²) in [5, 5.41) is 0.720. The predicted molar refractivity (Wildman–Crippen MR) is 103 cm³/mol. The van der Waals surface area contributed by atoms with Gasteiger partial charge in [-0.05, 0) is 56.2 Å². The zero-order chi connectivity index (χ0) is 19.6. The number of carbonyl (C=O) groups is 1. The molecule has 27 heavy (non-hydrogen) atoms. The minimum Gasteiger partial charge on any atom is -0.483 e. The van der Waals surface area contributed by atoms with Gasteiger partial charge < -0.3 is 14.1 Å². The third-order valence-corrected chi connectivity index (χ3v) is 4.56. The Labute approximate surface area is 157 Å². The largest absolute Gasteiger partial charge is 0.483 e. The van der Waals surface area contributed by atoms with Crippen molar-refractivity contribution in [3.05, 3.63) is 69.3 Å². The Morgan fingerprint density at radius 1 is 1.19 bits per heavy atom. The number of amides is 1. The zero-order valence-electron chi connectivity index (χ0n) is 15.9. The first-order chi connectivity index (χ1) is 12.9. The molecule has 0 N–H and O–H groups in total. The number of rotatable bonds is 5. The molecule has 0 unspecified atom stereocenters. The fourth-order valence-corrected chi connectivity index (χ4v) is 2.87. The van der Waals surface area contributed by atoms with Crippen molar-refractivity contribution in [2.45, 2.75) is 27.3 Å². The molecule has 2 heterocycles. The van der Waals surface area contributed by atoms with E-state index in [0.717, 1.165) is 22.2 Å². The van der Waals surface area contributed by atoms with E-state index in [-0.39, 0.29) is 18.1 Å². The summed E-state index contributed by atoms with van der Waals surface area (Å²) in [6, 6.07) is 9.23.